The Labute approximate surface area is 90.1 Å². The van der Waals surface area contributed by atoms with Crippen molar-refractivity contribution in [2.24, 2.45) is 5.14 Å². The number of carbonyl (C=O) groups is 1. The second-order valence-electron chi connectivity index (χ2n) is 3.14. The first-order chi connectivity index (χ1) is 6.98. The smallest absolute Gasteiger partial charge is 0.230 e. The monoisotopic (exact) mass is 248 g/mol. The molecule has 0 spiro atoms. The number of sulfonamides is 1. The van der Waals surface area contributed by atoms with Gasteiger partial charge >= 0.3 is 0 Å². The fourth-order valence-electron chi connectivity index (χ4n) is 1.37. The highest BCUT2D eigenvalue weighted by Gasteiger charge is 2.38. The molecule has 0 bridgehead atoms. The van der Waals surface area contributed by atoms with Gasteiger partial charge in [0.2, 0.25) is 21.1 Å². The van der Waals surface area contributed by atoms with Gasteiger partial charge in [-0.05, 0) is 0 Å². The number of nitrogens with two attached hydrogens (primary N) is 1. The van der Waals surface area contributed by atoms with Crippen LogP contribution in [-0.4, -0.2) is 35.5 Å². The molecule has 2 rings (SSSR count). The van der Waals surface area contributed by atoms with E-state index in [9.17, 15) is 13.2 Å². The third kappa shape index (κ3) is 1.98. The Morgan fingerprint density at radius 3 is 2.80 bits per heavy atom. The molecule has 0 aromatic carbocycles. The molecule has 1 amide bonds. The number of rotatable bonds is 2. The summed E-state index contributed by atoms with van der Waals surface area (Å²) in [5.74, 6) is -0.286. The van der Waals surface area contributed by atoms with Crippen molar-refractivity contribution in [3.8, 4) is 0 Å². The Morgan fingerprint density at radius 1 is 1.60 bits per heavy atom. The van der Waals surface area contributed by atoms with E-state index in [4.69, 9.17) is 5.14 Å². The molecule has 2 heterocycles. The molecule has 1 aliphatic heterocycles. The summed E-state index contributed by atoms with van der Waals surface area (Å²) < 4.78 is 25.9. The summed E-state index contributed by atoms with van der Waals surface area (Å²) in [4.78, 5) is 16.6. The molecule has 1 aliphatic rings. The molecule has 7 nitrogen and oxygen atoms in total. The normalized spacial score (nSPS) is 22.3. The Balaban J connectivity index is 2.23. The Kier molecular flexibility index (Phi) is 2.44. The number of hydrogen-bond acceptors (Lipinski definition) is 6. The molecule has 1 atom stereocenters. The molecular weight excluding hydrogens is 240 g/mol. The van der Waals surface area contributed by atoms with Crippen LogP contribution in [0.15, 0.2) is 6.33 Å². The van der Waals surface area contributed by atoms with Gasteiger partial charge in [0.1, 0.15) is 11.6 Å². The molecule has 1 aromatic heterocycles. The van der Waals surface area contributed by atoms with Gasteiger partial charge < -0.3 is 0 Å². The Morgan fingerprint density at radius 2 is 2.33 bits per heavy atom. The average Bonchev–Trinajstić information content (AvgIpc) is 2.69. The van der Waals surface area contributed by atoms with Crippen molar-refractivity contribution in [3.05, 3.63) is 6.33 Å². The zero-order chi connectivity index (χ0) is 11.1. The summed E-state index contributed by atoms with van der Waals surface area (Å²) in [6, 6.07) is 0. The van der Waals surface area contributed by atoms with E-state index in [1.54, 1.807) is 0 Å². The Bertz CT molecular complexity index is 469. The first-order valence-electron chi connectivity index (χ1n) is 4.07. The lowest BCUT2D eigenvalue weighted by atomic mass is 10.4. The van der Waals surface area contributed by atoms with E-state index < -0.39 is 15.3 Å². The summed E-state index contributed by atoms with van der Waals surface area (Å²) >= 11 is 1.04. The molecule has 1 fully saturated rings. The van der Waals surface area contributed by atoms with E-state index in [1.807, 2.05) is 0 Å². The maximum Gasteiger partial charge on any atom is 0.230 e. The zero-order valence-electron chi connectivity index (χ0n) is 7.53. The summed E-state index contributed by atoms with van der Waals surface area (Å²) in [6.07, 6.45) is 1.23. The fraction of sp³-hybridized carbons (Fsp3) is 0.500. The van der Waals surface area contributed by atoms with Crippen molar-refractivity contribution < 1.29 is 13.2 Å². The first-order valence-corrected chi connectivity index (χ1v) is 6.45. The van der Waals surface area contributed by atoms with Gasteiger partial charge in [0.05, 0.1) is 0 Å². The lowest BCUT2D eigenvalue weighted by Gasteiger charge is -2.10. The second-order valence-corrected chi connectivity index (χ2v) is 5.75. The van der Waals surface area contributed by atoms with Crippen LogP contribution < -0.4 is 10.0 Å². The number of aromatic nitrogens is 2. The van der Waals surface area contributed by atoms with E-state index in [0.717, 1.165) is 11.5 Å². The number of primary sulfonamides is 1. The molecule has 0 aliphatic carbocycles. The fourth-order valence-corrected chi connectivity index (χ4v) is 2.66. The van der Waals surface area contributed by atoms with Crippen LogP contribution in [0.4, 0.5) is 5.13 Å². The molecule has 2 N–H and O–H groups in total. The SMILES string of the molecule is NS(=O)(=O)C1CC(=O)N(c2ncns2)C1. The highest BCUT2D eigenvalue weighted by atomic mass is 32.2. The summed E-state index contributed by atoms with van der Waals surface area (Å²) in [5, 5.41) is 4.55. The predicted molar refractivity (Wildman–Crippen MR) is 53.8 cm³/mol. The largest absolute Gasteiger partial charge is 0.285 e. The van der Waals surface area contributed by atoms with Gasteiger partial charge in [-0.25, -0.2) is 18.5 Å². The van der Waals surface area contributed by atoms with Gasteiger partial charge in [-0.1, -0.05) is 0 Å². The van der Waals surface area contributed by atoms with Crippen molar-refractivity contribution in [1.29, 1.82) is 0 Å². The van der Waals surface area contributed by atoms with Gasteiger partial charge in [-0.15, -0.1) is 0 Å². The van der Waals surface area contributed by atoms with Crippen molar-refractivity contribution in [1.82, 2.24) is 9.36 Å². The molecular formula is C6H8N4O3S2. The maximum absolute atomic E-state index is 11.5. The lowest BCUT2D eigenvalue weighted by molar-refractivity contribution is -0.117. The highest BCUT2D eigenvalue weighted by molar-refractivity contribution is 7.89. The van der Waals surface area contributed by atoms with Crippen molar-refractivity contribution in [2.75, 3.05) is 11.4 Å². The number of anilines is 1. The van der Waals surface area contributed by atoms with Crippen molar-refractivity contribution in [2.45, 2.75) is 11.7 Å². The van der Waals surface area contributed by atoms with Crippen LogP contribution >= 0.6 is 11.5 Å². The molecule has 9 heteroatoms. The molecule has 0 radical (unpaired) electrons. The number of carbonyl (C=O) groups excluding carboxylic acids is 1. The summed E-state index contributed by atoms with van der Waals surface area (Å²) in [7, 11) is -3.67. The average molecular weight is 248 g/mol. The zero-order valence-corrected chi connectivity index (χ0v) is 9.16. The van der Waals surface area contributed by atoms with E-state index in [0.29, 0.717) is 5.13 Å². The van der Waals surface area contributed by atoms with Gasteiger partial charge in [0.25, 0.3) is 0 Å². The minimum Gasteiger partial charge on any atom is -0.285 e. The second kappa shape index (κ2) is 3.51. The molecule has 1 saturated heterocycles. The standard InChI is InChI=1S/C6H8N4O3S2/c7-15(12,13)4-1-5(11)10(2-4)6-8-3-9-14-6/h3-4H,1-2H2,(H2,7,12,13). The van der Waals surface area contributed by atoms with Crippen LogP contribution in [0, 0.1) is 0 Å². The van der Waals surface area contributed by atoms with Gasteiger partial charge in [0.15, 0.2) is 0 Å². The minimum atomic E-state index is -3.67. The molecule has 0 saturated carbocycles. The molecule has 1 unspecified atom stereocenters. The highest BCUT2D eigenvalue weighted by Crippen LogP contribution is 2.24. The van der Waals surface area contributed by atoms with E-state index in [2.05, 4.69) is 9.36 Å². The third-order valence-corrected chi connectivity index (χ3v) is 4.07. The van der Waals surface area contributed by atoms with Crippen LogP contribution in [0.5, 0.6) is 0 Å². The van der Waals surface area contributed by atoms with Gasteiger partial charge in [0, 0.05) is 24.5 Å². The van der Waals surface area contributed by atoms with Crippen LogP contribution in [0.1, 0.15) is 6.42 Å². The summed E-state index contributed by atoms with van der Waals surface area (Å²) in [6.45, 7) is 0.0624. The van der Waals surface area contributed by atoms with Gasteiger partial charge in [-0.2, -0.15) is 4.37 Å². The van der Waals surface area contributed by atoms with Crippen LogP contribution in [-0.2, 0) is 14.8 Å². The van der Waals surface area contributed by atoms with E-state index in [-0.39, 0.29) is 18.9 Å². The van der Waals surface area contributed by atoms with Gasteiger partial charge in [-0.3, -0.25) is 9.69 Å². The maximum atomic E-state index is 11.5. The van der Waals surface area contributed by atoms with E-state index in [1.165, 1.54) is 11.2 Å². The lowest BCUT2D eigenvalue weighted by Crippen LogP contribution is -2.32. The third-order valence-electron chi connectivity index (χ3n) is 2.13. The molecule has 82 valence electrons. The van der Waals surface area contributed by atoms with Crippen molar-refractivity contribution in [3.63, 3.8) is 0 Å². The first kappa shape index (κ1) is 10.5. The topological polar surface area (TPSA) is 106 Å². The number of hydrogen-bond donors (Lipinski definition) is 1. The number of amides is 1. The number of nitrogens with zero attached hydrogens (tertiary/aromatic N) is 3. The Hall–Kier alpha value is -1.06. The summed E-state index contributed by atoms with van der Waals surface area (Å²) in [5.41, 5.74) is 0. The van der Waals surface area contributed by atoms with Crippen LogP contribution in [0.25, 0.3) is 0 Å². The minimum absolute atomic E-state index is 0.0624. The molecule has 1 aromatic rings. The van der Waals surface area contributed by atoms with E-state index >= 15 is 0 Å². The molecule has 15 heavy (non-hydrogen) atoms. The predicted octanol–water partition coefficient (Wildman–Crippen LogP) is -1.07. The van der Waals surface area contributed by atoms with Crippen molar-refractivity contribution >= 4 is 32.6 Å². The van der Waals surface area contributed by atoms with Crippen LogP contribution in [0.3, 0.4) is 0 Å². The quantitative estimate of drug-likeness (QED) is 0.717. The van der Waals surface area contributed by atoms with Crippen LogP contribution in [0.2, 0.25) is 0 Å².